The van der Waals surface area contributed by atoms with Crippen LogP contribution >= 0.6 is 0 Å². The number of fused-ring (bicyclic) bond motifs is 3. The number of aliphatic hydroxyl groups excluding tert-OH is 3. The van der Waals surface area contributed by atoms with E-state index in [0.717, 1.165) is 0 Å². The lowest BCUT2D eigenvalue weighted by Crippen LogP contribution is -2.86. The summed E-state index contributed by atoms with van der Waals surface area (Å²) in [4.78, 5) is 28.9. The first-order valence-corrected chi connectivity index (χ1v) is 13.1. The Morgan fingerprint density at radius 3 is 2.33 bits per heavy atom. The predicted molar refractivity (Wildman–Crippen MR) is 131 cm³/mol. The third kappa shape index (κ3) is 3.81. The second-order valence-electron chi connectivity index (χ2n) is 12.7. The van der Waals surface area contributed by atoms with Gasteiger partial charge in [-0.1, -0.05) is 26.8 Å². The zero-order valence-electron chi connectivity index (χ0n) is 22.2. The summed E-state index contributed by atoms with van der Waals surface area (Å²) in [5.41, 5.74) is -7.27. The molecule has 4 rings (SSSR count). The molecule has 2 heterocycles. The molecule has 2 saturated heterocycles. The van der Waals surface area contributed by atoms with Crippen molar-refractivity contribution in [1.82, 2.24) is 4.90 Å². The maximum absolute atomic E-state index is 13.9. The largest absolute Gasteiger partial charge is 0.455 e. The number of piperidine rings is 1. The van der Waals surface area contributed by atoms with Crippen LogP contribution in [0.2, 0.25) is 0 Å². The van der Waals surface area contributed by atoms with E-state index < -0.39 is 63.6 Å². The van der Waals surface area contributed by atoms with Crippen molar-refractivity contribution in [3.63, 3.8) is 0 Å². The topological polar surface area (TPSA) is 137 Å². The van der Waals surface area contributed by atoms with Crippen LogP contribution in [-0.4, -0.2) is 97.9 Å². The number of rotatable bonds is 4. The maximum Gasteiger partial charge on any atom is 0.320 e. The van der Waals surface area contributed by atoms with Crippen LogP contribution in [0.25, 0.3) is 0 Å². The van der Waals surface area contributed by atoms with Gasteiger partial charge in [-0.3, -0.25) is 14.5 Å². The van der Waals surface area contributed by atoms with Crippen molar-refractivity contribution in [2.75, 3.05) is 19.6 Å². The quantitative estimate of drug-likeness (QED) is 0.323. The number of Topliss-reactive ketones (excluding diaryl/α,β-unsaturated/α-hetero) is 1. The molecule has 8 atom stereocenters. The highest BCUT2D eigenvalue weighted by atomic mass is 16.6. The van der Waals surface area contributed by atoms with Gasteiger partial charge in [0.15, 0.2) is 17.5 Å². The average Bonchev–Trinajstić information content (AvgIpc) is 2.79. The smallest absolute Gasteiger partial charge is 0.320 e. The van der Waals surface area contributed by atoms with Crippen LogP contribution in [0.15, 0.2) is 12.7 Å². The summed E-state index contributed by atoms with van der Waals surface area (Å²) in [6.07, 6.45) is -0.794. The Morgan fingerprint density at radius 2 is 1.75 bits per heavy atom. The molecule has 9 nitrogen and oxygen atoms in total. The molecule has 9 heteroatoms. The van der Waals surface area contributed by atoms with E-state index in [0.29, 0.717) is 38.8 Å². The molecule has 4 fully saturated rings. The number of carbonyl (C=O) groups is 2. The summed E-state index contributed by atoms with van der Waals surface area (Å²) in [6, 6.07) is 0. The molecule has 0 spiro atoms. The molecule has 0 aromatic carbocycles. The minimum absolute atomic E-state index is 0.0505. The van der Waals surface area contributed by atoms with Crippen LogP contribution in [0.4, 0.5) is 0 Å². The number of nitrogens with zero attached hydrogens (tertiary/aromatic N) is 1. The van der Waals surface area contributed by atoms with Crippen molar-refractivity contribution in [3.8, 4) is 0 Å². The third-order valence-electron chi connectivity index (χ3n) is 9.90. The van der Waals surface area contributed by atoms with Gasteiger partial charge < -0.3 is 29.9 Å². The molecule has 0 radical (unpaired) electrons. The molecule has 0 amide bonds. The Kier molecular flexibility index (Phi) is 6.80. The molecular weight excluding hydrogens is 466 g/mol. The van der Waals surface area contributed by atoms with E-state index in [1.807, 2.05) is 18.7 Å². The molecule has 36 heavy (non-hydrogen) atoms. The monoisotopic (exact) mass is 509 g/mol. The Morgan fingerprint density at radius 1 is 1.14 bits per heavy atom. The fourth-order valence-electron chi connectivity index (χ4n) is 7.92. The van der Waals surface area contributed by atoms with Crippen LogP contribution in [0.1, 0.15) is 66.7 Å². The highest BCUT2D eigenvalue weighted by molar-refractivity contribution is 5.92. The van der Waals surface area contributed by atoms with Crippen molar-refractivity contribution >= 4 is 11.8 Å². The summed E-state index contributed by atoms with van der Waals surface area (Å²) in [7, 11) is 0. The molecule has 0 unspecified atom stereocenters. The molecule has 0 aromatic heterocycles. The van der Waals surface area contributed by atoms with Crippen LogP contribution in [0.5, 0.6) is 0 Å². The molecule has 4 N–H and O–H groups in total. The van der Waals surface area contributed by atoms with Gasteiger partial charge in [-0.25, -0.2) is 0 Å². The lowest BCUT2D eigenvalue weighted by molar-refractivity contribution is -0.370. The summed E-state index contributed by atoms with van der Waals surface area (Å²) in [5.74, 6) is -1.89. The highest BCUT2D eigenvalue weighted by Crippen LogP contribution is 2.67. The fourth-order valence-corrected chi connectivity index (χ4v) is 7.92. The second-order valence-corrected chi connectivity index (χ2v) is 12.7. The molecular formula is C27H43NO8. The second kappa shape index (κ2) is 8.85. The molecule has 204 valence electrons. The first kappa shape index (κ1) is 27.7. The standard InChI is InChI=1S/C27H43NO8/c1-7-24(4)14-18(31)27(34)25(5)17(30)8-11-23(2,3)21(25)20(33)22(26(27,6)36-24)35-19(32)15-28-12-9-16(29)10-13-28/h7,16-17,20-22,29-30,33-34H,1,8-15H2,2-6H3/t17-,20-,21-,22-,24-,25-,26+,27-/m0/s1. The van der Waals surface area contributed by atoms with E-state index in [1.165, 1.54) is 13.0 Å². The minimum Gasteiger partial charge on any atom is -0.455 e. The summed E-state index contributed by atoms with van der Waals surface area (Å²) < 4.78 is 12.4. The van der Waals surface area contributed by atoms with Gasteiger partial charge in [0, 0.05) is 30.8 Å². The number of hydrogen-bond donors (Lipinski definition) is 4. The van der Waals surface area contributed by atoms with Crippen molar-refractivity contribution in [3.05, 3.63) is 12.7 Å². The zero-order valence-corrected chi connectivity index (χ0v) is 22.2. The number of esters is 1. The minimum atomic E-state index is -2.23. The van der Waals surface area contributed by atoms with Crippen LogP contribution in [0.3, 0.4) is 0 Å². The van der Waals surface area contributed by atoms with Crippen molar-refractivity contribution in [2.24, 2.45) is 16.7 Å². The van der Waals surface area contributed by atoms with E-state index >= 15 is 0 Å². The van der Waals surface area contributed by atoms with Gasteiger partial charge in [0.1, 0.15) is 5.60 Å². The maximum atomic E-state index is 13.9. The highest BCUT2D eigenvalue weighted by Gasteiger charge is 2.81. The first-order chi connectivity index (χ1) is 16.6. The summed E-state index contributed by atoms with van der Waals surface area (Å²) >= 11 is 0. The Balaban J connectivity index is 1.78. The van der Waals surface area contributed by atoms with E-state index in [1.54, 1.807) is 13.8 Å². The number of likely N-dealkylation sites (tertiary alicyclic amines) is 1. The number of hydrogen-bond acceptors (Lipinski definition) is 9. The van der Waals surface area contributed by atoms with E-state index in [-0.39, 0.29) is 19.1 Å². The van der Waals surface area contributed by atoms with E-state index in [9.17, 15) is 30.0 Å². The van der Waals surface area contributed by atoms with Crippen LogP contribution < -0.4 is 0 Å². The number of carbonyl (C=O) groups excluding carboxylic acids is 2. The Hall–Kier alpha value is -1.36. The van der Waals surface area contributed by atoms with Crippen LogP contribution in [-0.2, 0) is 19.1 Å². The van der Waals surface area contributed by atoms with Gasteiger partial charge in [-0.2, -0.15) is 0 Å². The summed E-state index contributed by atoms with van der Waals surface area (Å²) in [6.45, 7) is 13.5. The SMILES string of the molecule is C=C[C@@]1(C)CC(=O)[C@]2(O)[C@@]3(C)[C@@H](O)CCC(C)(C)[C@@H]3[C@H](O)[C@H](OC(=O)CN3CCC(O)CC3)[C@@]2(C)O1. The first-order valence-electron chi connectivity index (χ1n) is 13.1. The van der Waals surface area contributed by atoms with E-state index in [4.69, 9.17) is 9.47 Å². The molecule has 2 aliphatic heterocycles. The zero-order chi connectivity index (χ0) is 26.9. The van der Waals surface area contributed by atoms with Gasteiger partial charge >= 0.3 is 5.97 Å². The molecule has 2 saturated carbocycles. The normalized spacial score (nSPS) is 47.5. The Bertz CT molecular complexity index is 915. The number of ether oxygens (including phenoxy) is 2. The lowest BCUT2D eigenvalue weighted by atomic mass is 9.40. The molecule has 2 aliphatic carbocycles. The molecule has 0 bridgehead atoms. The number of aliphatic hydroxyl groups is 4. The Labute approximate surface area is 213 Å². The third-order valence-corrected chi connectivity index (χ3v) is 9.90. The van der Waals surface area contributed by atoms with Crippen LogP contribution in [0, 0.1) is 16.7 Å². The molecule has 0 aromatic rings. The molecule has 4 aliphatic rings. The van der Waals surface area contributed by atoms with Gasteiger partial charge in [0.05, 0.1) is 30.5 Å². The summed E-state index contributed by atoms with van der Waals surface area (Å²) in [5, 5.41) is 45.4. The van der Waals surface area contributed by atoms with Gasteiger partial charge in [-0.15, -0.1) is 6.58 Å². The number of ketones is 1. The van der Waals surface area contributed by atoms with Gasteiger partial charge in [0.2, 0.25) is 0 Å². The van der Waals surface area contributed by atoms with E-state index in [2.05, 4.69) is 6.58 Å². The van der Waals surface area contributed by atoms with Gasteiger partial charge in [-0.05, 0) is 44.9 Å². The predicted octanol–water partition coefficient (Wildman–Crippen LogP) is 0.957. The van der Waals surface area contributed by atoms with Gasteiger partial charge in [0.25, 0.3) is 0 Å². The average molecular weight is 510 g/mol. The van der Waals surface area contributed by atoms with Crippen molar-refractivity contribution < 1.29 is 39.5 Å². The van der Waals surface area contributed by atoms with Crippen molar-refractivity contribution in [2.45, 2.75) is 108 Å². The fraction of sp³-hybridized carbons (Fsp3) is 0.852. The lowest BCUT2D eigenvalue weighted by Gasteiger charge is -2.71. The van der Waals surface area contributed by atoms with Crippen molar-refractivity contribution in [1.29, 1.82) is 0 Å².